The standard InChI is InChI=1S/C10H18N4O6S/c11-4(1-7(12)16)8(17)14-6(3-21)9(18)13-5(2-15)10(19)20/h4-6,15,21H,1-3,11H2,(H2,12,16)(H,13,18)(H,14,17)(H,19,20). The summed E-state index contributed by atoms with van der Waals surface area (Å²) in [5.41, 5.74) is 10.3. The van der Waals surface area contributed by atoms with Crippen LogP contribution in [0.3, 0.4) is 0 Å². The Bertz CT molecular complexity index is 418. The van der Waals surface area contributed by atoms with Crippen molar-refractivity contribution in [2.75, 3.05) is 12.4 Å². The average molecular weight is 322 g/mol. The molecule has 120 valence electrons. The molecule has 11 heteroatoms. The van der Waals surface area contributed by atoms with Crippen LogP contribution in [0.25, 0.3) is 0 Å². The molecule has 3 atom stereocenters. The van der Waals surface area contributed by atoms with Crippen molar-refractivity contribution in [3.05, 3.63) is 0 Å². The second-order valence-electron chi connectivity index (χ2n) is 4.10. The van der Waals surface area contributed by atoms with Crippen molar-refractivity contribution >= 4 is 36.3 Å². The number of carboxylic acid groups (broad SMARTS) is 1. The summed E-state index contributed by atoms with van der Waals surface area (Å²) in [5.74, 6) is -4.01. The number of carbonyl (C=O) groups excluding carboxylic acids is 3. The van der Waals surface area contributed by atoms with E-state index in [9.17, 15) is 19.2 Å². The number of rotatable bonds is 9. The normalized spacial score (nSPS) is 14.6. The van der Waals surface area contributed by atoms with Gasteiger partial charge in [0.1, 0.15) is 12.1 Å². The largest absolute Gasteiger partial charge is 0.480 e. The molecule has 0 aliphatic carbocycles. The van der Waals surface area contributed by atoms with Crippen LogP contribution in [0.1, 0.15) is 6.42 Å². The quantitative estimate of drug-likeness (QED) is 0.212. The maximum Gasteiger partial charge on any atom is 0.328 e. The highest BCUT2D eigenvalue weighted by Gasteiger charge is 2.27. The van der Waals surface area contributed by atoms with Gasteiger partial charge in [0.2, 0.25) is 17.7 Å². The molecule has 0 aromatic carbocycles. The molecule has 0 saturated carbocycles. The van der Waals surface area contributed by atoms with E-state index in [1.54, 1.807) is 0 Å². The maximum atomic E-state index is 11.7. The number of hydrogen-bond acceptors (Lipinski definition) is 7. The molecule has 0 aliphatic rings. The third-order valence-corrected chi connectivity index (χ3v) is 2.74. The maximum absolute atomic E-state index is 11.7. The minimum Gasteiger partial charge on any atom is -0.480 e. The van der Waals surface area contributed by atoms with Gasteiger partial charge in [0.05, 0.1) is 19.1 Å². The van der Waals surface area contributed by atoms with Gasteiger partial charge in [-0.25, -0.2) is 4.79 Å². The van der Waals surface area contributed by atoms with Crippen molar-refractivity contribution < 1.29 is 29.4 Å². The lowest BCUT2D eigenvalue weighted by Crippen LogP contribution is -2.56. The number of thiol groups is 1. The van der Waals surface area contributed by atoms with E-state index in [1.165, 1.54) is 0 Å². The molecule has 0 rings (SSSR count). The highest BCUT2D eigenvalue weighted by atomic mass is 32.1. The van der Waals surface area contributed by atoms with Crippen LogP contribution in [0.2, 0.25) is 0 Å². The summed E-state index contributed by atoms with van der Waals surface area (Å²) in [4.78, 5) is 44.7. The van der Waals surface area contributed by atoms with E-state index in [1.807, 2.05) is 5.32 Å². The Morgan fingerprint density at radius 1 is 1.10 bits per heavy atom. The molecule has 10 nitrogen and oxygen atoms in total. The van der Waals surface area contributed by atoms with Gasteiger partial charge in [0, 0.05) is 5.75 Å². The summed E-state index contributed by atoms with van der Waals surface area (Å²) >= 11 is 3.85. The molecule has 0 spiro atoms. The molecule has 0 aliphatic heterocycles. The SMILES string of the molecule is NC(=O)CC(N)C(=O)NC(CS)C(=O)NC(CO)C(=O)O. The van der Waals surface area contributed by atoms with Crippen LogP contribution in [0, 0.1) is 0 Å². The first-order valence-corrected chi connectivity index (χ1v) is 6.45. The number of primary amides is 1. The summed E-state index contributed by atoms with van der Waals surface area (Å²) in [7, 11) is 0. The molecule has 21 heavy (non-hydrogen) atoms. The first-order valence-electron chi connectivity index (χ1n) is 5.82. The van der Waals surface area contributed by atoms with E-state index in [-0.39, 0.29) is 5.75 Å². The molecule has 0 radical (unpaired) electrons. The Balaban J connectivity index is 4.63. The lowest BCUT2D eigenvalue weighted by atomic mass is 10.2. The zero-order valence-electron chi connectivity index (χ0n) is 11.0. The van der Waals surface area contributed by atoms with Gasteiger partial charge < -0.3 is 32.3 Å². The fourth-order valence-electron chi connectivity index (χ4n) is 1.24. The Morgan fingerprint density at radius 3 is 2.00 bits per heavy atom. The third kappa shape index (κ3) is 6.92. The van der Waals surface area contributed by atoms with Crippen molar-refractivity contribution in [1.29, 1.82) is 0 Å². The van der Waals surface area contributed by atoms with E-state index in [0.717, 1.165) is 0 Å². The lowest BCUT2D eigenvalue weighted by molar-refractivity contribution is -0.143. The molecule has 3 unspecified atom stereocenters. The van der Waals surface area contributed by atoms with E-state index >= 15 is 0 Å². The number of aliphatic carboxylic acids is 1. The van der Waals surface area contributed by atoms with E-state index in [2.05, 4.69) is 17.9 Å². The number of aliphatic hydroxyl groups is 1. The Kier molecular flexibility index (Phi) is 8.35. The number of nitrogens with one attached hydrogen (secondary N) is 2. The van der Waals surface area contributed by atoms with E-state index in [4.69, 9.17) is 21.7 Å². The fourth-order valence-corrected chi connectivity index (χ4v) is 1.50. The Hall–Kier alpha value is -1.85. The van der Waals surface area contributed by atoms with Crippen molar-refractivity contribution in [2.45, 2.75) is 24.5 Å². The number of nitrogens with two attached hydrogens (primary N) is 2. The lowest BCUT2D eigenvalue weighted by Gasteiger charge is -2.20. The van der Waals surface area contributed by atoms with Gasteiger partial charge in [-0.3, -0.25) is 14.4 Å². The zero-order valence-corrected chi connectivity index (χ0v) is 11.9. The van der Waals surface area contributed by atoms with Crippen LogP contribution >= 0.6 is 12.6 Å². The van der Waals surface area contributed by atoms with Gasteiger partial charge in [-0.15, -0.1) is 0 Å². The van der Waals surface area contributed by atoms with Crippen molar-refractivity contribution in [1.82, 2.24) is 10.6 Å². The number of carbonyl (C=O) groups is 4. The number of carboxylic acids is 1. The predicted octanol–water partition coefficient (Wildman–Crippen LogP) is -3.83. The molecule has 3 amide bonds. The van der Waals surface area contributed by atoms with Crippen molar-refractivity contribution in [3.8, 4) is 0 Å². The molecule has 8 N–H and O–H groups in total. The number of amides is 3. The monoisotopic (exact) mass is 322 g/mol. The van der Waals surface area contributed by atoms with Crippen LogP contribution < -0.4 is 22.1 Å². The summed E-state index contributed by atoms with van der Waals surface area (Å²) in [5, 5.41) is 21.7. The zero-order chi connectivity index (χ0) is 16.6. The van der Waals surface area contributed by atoms with Gasteiger partial charge in [-0.1, -0.05) is 0 Å². The molecule has 0 bridgehead atoms. The minimum atomic E-state index is -1.50. The van der Waals surface area contributed by atoms with Crippen molar-refractivity contribution in [2.24, 2.45) is 11.5 Å². The van der Waals surface area contributed by atoms with Gasteiger partial charge in [-0.05, 0) is 0 Å². The Morgan fingerprint density at radius 2 is 1.62 bits per heavy atom. The van der Waals surface area contributed by atoms with Crippen LogP contribution in [0.4, 0.5) is 0 Å². The van der Waals surface area contributed by atoms with Crippen LogP contribution in [0.5, 0.6) is 0 Å². The molecule has 0 fully saturated rings. The average Bonchev–Trinajstić information content (AvgIpc) is 2.40. The molecular weight excluding hydrogens is 304 g/mol. The van der Waals surface area contributed by atoms with Crippen molar-refractivity contribution in [3.63, 3.8) is 0 Å². The number of hydrogen-bond donors (Lipinski definition) is 7. The first kappa shape index (κ1) is 19.1. The molecule has 0 aromatic heterocycles. The smallest absolute Gasteiger partial charge is 0.328 e. The highest BCUT2D eigenvalue weighted by molar-refractivity contribution is 7.80. The van der Waals surface area contributed by atoms with Crippen LogP contribution in [-0.4, -0.2) is 64.4 Å². The Labute approximate surface area is 125 Å². The summed E-state index contributed by atoms with van der Waals surface area (Å²) in [6.07, 6.45) is -0.402. The van der Waals surface area contributed by atoms with Gasteiger partial charge in [0.15, 0.2) is 0 Å². The highest BCUT2D eigenvalue weighted by Crippen LogP contribution is 1.95. The molecule has 0 heterocycles. The molecular formula is C10H18N4O6S. The first-order chi connectivity index (χ1) is 9.72. The summed E-state index contributed by atoms with van der Waals surface area (Å²) < 4.78 is 0. The summed E-state index contributed by atoms with van der Waals surface area (Å²) in [6.45, 7) is -0.810. The van der Waals surface area contributed by atoms with Gasteiger partial charge in [-0.2, -0.15) is 12.6 Å². The second-order valence-corrected chi connectivity index (χ2v) is 4.47. The fraction of sp³-hybridized carbons (Fsp3) is 0.600. The third-order valence-electron chi connectivity index (χ3n) is 2.37. The van der Waals surface area contributed by atoms with Crippen LogP contribution in [-0.2, 0) is 19.2 Å². The number of aliphatic hydroxyl groups excluding tert-OH is 1. The second kappa shape index (κ2) is 9.15. The summed E-state index contributed by atoms with van der Waals surface area (Å²) in [6, 6.07) is -3.91. The topological polar surface area (TPSA) is 185 Å². The van der Waals surface area contributed by atoms with Gasteiger partial charge >= 0.3 is 5.97 Å². The molecule has 0 saturated heterocycles. The molecule has 0 aromatic rings. The van der Waals surface area contributed by atoms with Crippen LogP contribution in [0.15, 0.2) is 0 Å². The van der Waals surface area contributed by atoms with E-state index < -0.39 is 54.8 Å². The van der Waals surface area contributed by atoms with E-state index in [0.29, 0.717) is 0 Å². The van der Waals surface area contributed by atoms with Gasteiger partial charge in [0.25, 0.3) is 0 Å². The minimum absolute atomic E-state index is 0.140. The predicted molar refractivity (Wildman–Crippen MR) is 74.2 cm³/mol.